The molecular weight excluding hydrogens is 226 g/mol. The van der Waals surface area contributed by atoms with Crippen LogP contribution in [0.4, 0.5) is 0 Å². The van der Waals surface area contributed by atoms with Crippen molar-refractivity contribution in [3.63, 3.8) is 0 Å². The number of benzene rings is 1. The third-order valence-electron chi connectivity index (χ3n) is 2.90. The van der Waals surface area contributed by atoms with Crippen molar-refractivity contribution in [3.05, 3.63) is 47.8 Å². The van der Waals surface area contributed by atoms with Crippen molar-refractivity contribution in [2.45, 2.75) is 13.8 Å². The van der Waals surface area contributed by atoms with Crippen LogP contribution in [0.1, 0.15) is 22.8 Å². The lowest BCUT2D eigenvalue weighted by Crippen LogP contribution is -1.96. The van der Waals surface area contributed by atoms with Crippen molar-refractivity contribution in [2.24, 2.45) is 0 Å². The highest BCUT2D eigenvalue weighted by atomic mass is 16.5. The van der Waals surface area contributed by atoms with Crippen molar-refractivity contribution >= 4 is 5.78 Å². The van der Waals surface area contributed by atoms with E-state index in [4.69, 9.17) is 4.74 Å². The van der Waals surface area contributed by atoms with Gasteiger partial charge in [0.15, 0.2) is 5.78 Å². The third kappa shape index (κ3) is 2.40. The Balaban J connectivity index is 2.50. The first-order valence-electron chi connectivity index (χ1n) is 5.73. The van der Waals surface area contributed by atoms with Crippen LogP contribution in [-0.2, 0) is 0 Å². The number of carbonyl (C=O) groups excluding carboxylic acids is 1. The van der Waals surface area contributed by atoms with Gasteiger partial charge in [0.05, 0.1) is 13.3 Å². The van der Waals surface area contributed by atoms with E-state index in [2.05, 4.69) is 4.98 Å². The molecule has 1 aromatic carbocycles. The summed E-state index contributed by atoms with van der Waals surface area (Å²) in [5.41, 5.74) is 3.64. The average molecular weight is 241 g/mol. The molecule has 2 aromatic rings. The van der Waals surface area contributed by atoms with E-state index in [0.717, 1.165) is 22.3 Å². The zero-order valence-electron chi connectivity index (χ0n) is 10.7. The summed E-state index contributed by atoms with van der Waals surface area (Å²) in [5.74, 6) is 0.780. The predicted octanol–water partition coefficient (Wildman–Crippen LogP) is 3.27. The summed E-state index contributed by atoms with van der Waals surface area (Å²) >= 11 is 0. The quantitative estimate of drug-likeness (QED) is 0.774. The predicted molar refractivity (Wildman–Crippen MR) is 71.0 cm³/mol. The molecule has 92 valence electrons. The molecule has 2 rings (SSSR count). The molecule has 18 heavy (non-hydrogen) atoms. The maximum absolute atomic E-state index is 11.5. The van der Waals surface area contributed by atoms with Gasteiger partial charge in [-0.2, -0.15) is 0 Å². The Kier molecular flexibility index (Phi) is 3.42. The lowest BCUT2D eigenvalue weighted by molar-refractivity contribution is 0.101. The standard InChI is InChI=1S/C15H15NO2/c1-10-4-5-12(7-15(10)11(2)17)13-6-14(18-3)9-16-8-13/h4-9H,1-3H3. The average Bonchev–Trinajstić information content (AvgIpc) is 2.39. The summed E-state index contributed by atoms with van der Waals surface area (Å²) < 4.78 is 5.15. The molecule has 0 bridgehead atoms. The molecule has 0 aliphatic rings. The second-order valence-corrected chi connectivity index (χ2v) is 4.20. The highest BCUT2D eigenvalue weighted by Crippen LogP contribution is 2.24. The number of rotatable bonds is 3. The zero-order chi connectivity index (χ0) is 13.1. The fourth-order valence-corrected chi connectivity index (χ4v) is 1.87. The number of Topliss-reactive ketones (excluding diaryl/α,β-unsaturated/α-hetero) is 1. The summed E-state index contributed by atoms with van der Waals surface area (Å²) in [6.45, 7) is 3.51. The van der Waals surface area contributed by atoms with Gasteiger partial charge in [-0.25, -0.2) is 0 Å². The summed E-state index contributed by atoms with van der Waals surface area (Å²) in [7, 11) is 1.61. The van der Waals surface area contributed by atoms with Gasteiger partial charge in [-0.15, -0.1) is 0 Å². The van der Waals surface area contributed by atoms with Crippen molar-refractivity contribution < 1.29 is 9.53 Å². The second kappa shape index (κ2) is 5.00. The monoisotopic (exact) mass is 241 g/mol. The zero-order valence-corrected chi connectivity index (χ0v) is 10.7. The van der Waals surface area contributed by atoms with Crippen LogP contribution in [0, 0.1) is 6.92 Å². The maximum atomic E-state index is 11.5. The molecule has 0 aliphatic heterocycles. The molecule has 3 heteroatoms. The van der Waals surface area contributed by atoms with E-state index in [9.17, 15) is 4.79 Å². The Morgan fingerprint density at radius 2 is 1.94 bits per heavy atom. The number of aryl methyl sites for hydroxylation is 1. The molecule has 0 saturated heterocycles. The van der Waals surface area contributed by atoms with E-state index < -0.39 is 0 Å². The van der Waals surface area contributed by atoms with Gasteiger partial charge in [-0.05, 0) is 37.1 Å². The fourth-order valence-electron chi connectivity index (χ4n) is 1.87. The number of hydrogen-bond acceptors (Lipinski definition) is 3. The van der Waals surface area contributed by atoms with Gasteiger partial charge in [-0.1, -0.05) is 12.1 Å². The van der Waals surface area contributed by atoms with Crippen LogP contribution in [0.5, 0.6) is 5.75 Å². The molecule has 1 aromatic heterocycles. The van der Waals surface area contributed by atoms with E-state index in [1.165, 1.54) is 0 Å². The Morgan fingerprint density at radius 3 is 2.61 bits per heavy atom. The van der Waals surface area contributed by atoms with Crippen molar-refractivity contribution in [3.8, 4) is 16.9 Å². The third-order valence-corrected chi connectivity index (χ3v) is 2.90. The van der Waals surface area contributed by atoms with Gasteiger partial charge in [0.1, 0.15) is 5.75 Å². The van der Waals surface area contributed by atoms with E-state index in [1.807, 2.05) is 31.2 Å². The number of ether oxygens (including phenoxy) is 1. The molecular formula is C15H15NO2. The van der Waals surface area contributed by atoms with Crippen LogP contribution < -0.4 is 4.74 Å². The van der Waals surface area contributed by atoms with E-state index >= 15 is 0 Å². The van der Waals surface area contributed by atoms with Gasteiger partial charge < -0.3 is 4.74 Å². The lowest BCUT2D eigenvalue weighted by Gasteiger charge is -2.07. The number of nitrogens with zero attached hydrogens (tertiary/aromatic N) is 1. The summed E-state index contributed by atoms with van der Waals surface area (Å²) in [4.78, 5) is 15.7. The van der Waals surface area contributed by atoms with Gasteiger partial charge >= 0.3 is 0 Å². The molecule has 0 amide bonds. The first kappa shape index (κ1) is 12.3. The molecule has 0 unspecified atom stereocenters. The van der Waals surface area contributed by atoms with Crippen molar-refractivity contribution in [1.29, 1.82) is 0 Å². The number of hydrogen-bond donors (Lipinski definition) is 0. The van der Waals surface area contributed by atoms with Crippen molar-refractivity contribution in [1.82, 2.24) is 4.98 Å². The smallest absolute Gasteiger partial charge is 0.160 e. The first-order valence-corrected chi connectivity index (χ1v) is 5.73. The molecule has 0 fully saturated rings. The Morgan fingerprint density at radius 1 is 1.17 bits per heavy atom. The number of methoxy groups -OCH3 is 1. The summed E-state index contributed by atoms with van der Waals surface area (Å²) in [6, 6.07) is 7.74. The minimum atomic E-state index is 0.0743. The highest BCUT2D eigenvalue weighted by Gasteiger charge is 2.07. The SMILES string of the molecule is COc1cncc(-c2ccc(C)c(C(C)=O)c2)c1. The summed E-state index contributed by atoms with van der Waals surface area (Å²) in [6.07, 6.45) is 3.42. The van der Waals surface area contributed by atoms with Crippen LogP contribution >= 0.6 is 0 Å². The Hall–Kier alpha value is -2.16. The Labute approximate surface area is 106 Å². The van der Waals surface area contributed by atoms with Gasteiger partial charge in [0.2, 0.25) is 0 Å². The topological polar surface area (TPSA) is 39.2 Å². The Bertz CT molecular complexity index is 591. The second-order valence-electron chi connectivity index (χ2n) is 4.20. The van der Waals surface area contributed by atoms with E-state index in [-0.39, 0.29) is 5.78 Å². The highest BCUT2D eigenvalue weighted by molar-refractivity contribution is 5.96. The van der Waals surface area contributed by atoms with Crippen LogP contribution in [-0.4, -0.2) is 17.9 Å². The minimum Gasteiger partial charge on any atom is -0.495 e. The summed E-state index contributed by atoms with van der Waals surface area (Å²) in [5, 5.41) is 0. The lowest BCUT2D eigenvalue weighted by atomic mass is 9.99. The molecule has 3 nitrogen and oxygen atoms in total. The normalized spacial score (nSPS) is 10.2. The van der Waals surface area contributed by atoms with Crippen molar-refractivity contribution in [2.75, 3.05) is 7.11 Å². The molecule has 0 spiro atoms. The number of pyridine rings is 1. The molecule has 0 radical (unpaired) electrons. The number of aromatic nitrogens is 1. The molecule has 0 N–H and O–H groups in total. The number of ketones is 1. The van der Waals surface area contributed by atoms with Crippen LogP contribution in [0.3, 0.4) is 0 Å². The minimum absolute atomic E-state index is 0.0743. The largest absolute Gasteiger partial charge is 0.495 e. The van der Waals surface area contributed by atoms with Gasteiger partial charge in [0, 0.05) is 17.3 Å². The molecule has 0 aliphatic carbocycles. The van der Waals surface area contributed by atoms with Gasteiger partial charge in [-0.3, -0.25) is 9.78 Å². The van der Waals surface area contributed by atoms with E-state index in [1.54, 1.807) is 26.4 Å². The van der Waals surface area contributed by atoms with E-state index in [0.29, 0.717) is 5.75 Å². The molecule has 1 heterocycles. The van der Waals surface area contributed by atoms with Gasteiger partial charge in [0.25, 0.3) is 0 Å². The first-order chi connectivity index (χ1) is 8.61. The number of carbonyl (C=O) groups is 1. The maximum Gasteiger partial charge on any atom is 0.160 e. The van der Waals surface area contributed by atoms with Crippen LogP contribution in [0.25, 0.3) is 11.1 Å². The fraction of sp³-hybridized carbons (Fsp3) is 0.200. The molecule has 0 atom stereocenters. The molecule has 0 saturated carbocycles. The van der Waals surface area contributed by atoms with Crippen LogP contribution in [0.2, 0.25) is 0 Å². The van der Waals surface area contributed by atoms with Crippen LogP contribution in [0.15, 0.2) is 36.7 Å².